The Kier molecular flexibility index (Phi) is 7.49. The van der Waals surface area contributed by atoms with Gasteiger partial charge in [0.15, 0.2) is 5.96 Å². The lowest BCUT2D eigenvalue weighted by molar-refractivity contribution is -0.121. The maximum atomic E-state index is 11.6. The molecule has 1 aliphatic heterocycles. The van der Waals surface area contributed by atoms with Gasteiger partial charge in [-0.1, -0.05) is 17.7 Å². The lowest BCUT2D eigenvalue weighted by atomic mass is 9.93. The second-order valence-corrected chi connectivity index (χ2v) is 7.36. The summed E-state index contributed by atoms with van der Waals surface area (Å²) in [5, 5.41) is 6.17. The molecule has 1 aromatic rings. The van der Waals surface area contributed by atoms with Crippen molar-refractivity contribution < 1.29 is 4.79 Å². The Bertz CT molecular complexity index is 622. The van der Waals surface area contributed by atoms with E-state index in [4.69, 9.17) is 4.99 Å². The van der Waals surface area contributed by atoms with Gasteiger partial charge in [0, 0.05) is 33.1 Å². The number of nitrogens with one attached hydrogen (secondary N) is 2. The number of aryl methyl sites for hydroxylation is 3. The summed E-state index contributed by atoms with van der Waals surface area (Å²) in [4.78, 5) is 18.8. The van der Waals surface area contributed by atoms with Crippen molar-refractivity contribution in [1.29, 1.82) is 0 Å². The van der Waals surface area contributed by atoms with E-state index in [0.29, 0.717) is 18.9 Å². The van der Waals surface area contributed by atoms with Crippen LogP contribution >= 0.6 is 0 Å². The number of piperidine rings is 1. The molecule has 5 heteroatoms. The minimum Gasteiger partial charge on any atom is -0.359 e. The van der Waals surface area contributed by atoms with Crippen molar-refractivity contribution in [3.63, 3.8) is 0 Å². The summed E-state index contributed by atoms with van der Waals surface area (Å²) in [5.41, 5.74) is 5.25. The number of amides is 1. The minimum atomic E-state index is 0.148. The van der Waals surface area contributed by atoms with Gasteiger partial charge < -0.3 is 15.5 Å². The summed E-state index contributed by atoms with van der Waals surface area (Å²) >= 11 is 0. The van der Waals surface area contributed by atoms with Gasteiger partial charge >= 0.3 is 0 Å². The van der Waals surface area contributed by atoms with Gasteiger partial charge in [-0.15, -0.1) is 0 Å². The molecule has 144 valence electrons. The van der Waals surface area contributed by atoms with Gasteiger partial charge in [0.25, 0.3) is 0 Å². The molecule has 1 saturated heterocycles. The second kappa shape index (κ2) is 9.60. The van der Waals surface area contributed by atoms with Crippen molar-refractivity contribution in [3.8, 4) is 0 Å². The molecular formula is C21H34N4O. The number of rotatable bonds is 5. The molecule has 1 aliphatic rings. The fraction of sp³-hybridized carbons (Fsp3) is 0.619. The molecule has 1 amide bonds. The predicted octanol–water partition coefficient (Wildman–Crippen LogP) is 2.93. The molecule has 0 spiro atoms. The third kappa shape index (κ3) is 5.48. The predicted molar refractivity (Wildman–Crippen MR) is 108 cm³/mol. The average molecular weight is 359 g/mol. The molecule has 0 unspecified atom stereocenters. The van der Waals surface area contributed by atoms with E-state index in [-0.39, 0.29) is 5.91 Å². The average Bonchev–Trinajstić information content (AvgIpc) is 2.60. The number of carbonyl (C=O) groups is 1. The maximum Gasteiger partial charge on any atom is 0.220 e. The number of likely N-dealkylation sites (tertiary alicyclic amines) is 1. The lowest BCUT2D eigenvalue weighted by Crippen LogP contribution is -2.46. The molecule has 2 N–H and O–H groups in total. The molecule has 2 rings (SSSR count). The van der Waals surface area contributed by atoms with Gasteiger partial charge in [0.1, 0.15) is 0 Å². The van der Waals surface area contributed by atoms with Crippen molar-refractivity contribution in [2.24, 2.45) is 10.9 Å². The summed E-state index contributed by atoms with van der Waals surface area (Å²) < 4.78 is 0. The van der Waals surface area contributed by atoms with E-state index in [1.165, 1.54) is 22.3 Å². The van der Waals surface area contributed by atoms with E-state index in [9.17, 15) is 4.79 Å². The molecule has 5 nitrogen and oxygen atoms in total. The molecule has 0 bridgehead atoms. The van der Waals surface area contributed by atoms with Crippen LogP contribution in [0.25, 0.3) is 0 Å². The lowest BCUT2D eigenvalue weighted by Gasteiger charge is -2.34. The smallest absolute Gasteiger partial charge is 0.220 e. The van der Waals surface area contributed by atoms with Crippen molar-refractivity contribution in [3.05, 3.63) is 34.4 Å². The standard InChI is InChI=1S/C21H34N4O/c1-6-23-21(24-14-19-16(3)11-15(2)12-17(19)4)25-9-7-18(8-10-25)13-20(26)22-5/h11-12,18H,6-10,13-14H2,1-5H3,(H,22,26)(H,23,24). The first kappa shape index (κ1) is 20.3. The van der Waals surface area contributed by atoms with Crippen LogP contribution in [0.15, 0.2) is 17.1 Å². The molecule has 0 saturated carbocycles. The van der Waals surface area contributed by atoms with Crippen molar-refractivity contribution in [1.82, 2.24) is 15.5 Å². The summed E-state index contributed by atoms with van der Waals surface area (Å²) in [5.74, 6) is 1.62. The normalized spacial score (nSPS) is 15.9. The Balaban J connectivity index is 2.03. The topological polar surface area (TPSA) is 56.7 Å². The molecule has 1 fully saturated rings. The van der Waals surface area contributed by atoms with Gasteiger partial charge in [-0.25, -0.2) is 4.99 Å². The quantitative estimate of drug-likeness (QED) is 0.628. The van der Waals surface area contributed by atoms with E-state index in [0.717, 1.165) is 38.4 Å². The maximum absolute atomic E-state index is 11.6. The van der Waals surface area contributed by atoms with Crippen LogP contribution in [0.2, 0.25) is 0 Å². The van der Waals surface area contributed by atoms with Crippen LogP contribution in [0.1, 0.15) is 48.4 Å². The number of benzene rings is 1. The van der Waals surface area contributed by atoms with Crippen LogP contribution in [0.3, 0.4) is 0 Å². The zero-order valence-electron chi connectivity index (χ0n) is 17.0. The first-order chi connectivity index (χ1) is 12.4. The monoisotopic (exact) mass is 358 g/mol. The molecule has 1 heterocycles. The Labute approximate surface area is 158 Å². The SMILES string of the molecule is CCNC(=NCc1c(C)cc(C)cc1C)N1CCC(CC(=O)NC)CC1. The van der Waals surface area contributed by atoms with Gasteiger partial charge in [-0.05, 0) is 63.1 Å². The fourth-order valence-corrected chi connectivity index (χ4v) is 3.75. The fourth-order valence-electron chi connectivity index (χ4n) is 3.75. The number of nitrogens with zero attached hydrogens (tertiary/aromatic N) is 2. The highest BCUT2D eigenvalue weighted by Gasteiger charge is 2.23. The van der Waals surface area contributed by atoms with Gasteiger partial charge in [-0.3, -0.25) is 4.79 Å². The van der Waals surface area contributed by atoms with Crippen molar-refractivity contribution in [2.75, 3.05) is 26.7 Å². The Morgan fingerprint density at radius 2 is 1.81 bits per heavy atom. The first-order valence-corrected chi connectivity index (χ1v) is 9.75. The first-order valence-electron chi connectivity index (χ1n) is 9.75. The second-order valence-electron chi connectivity index (χ2n) is 7.36. The molecule has 26 heavy (non-hydrogen) atoms. The summed E-state index contributed by atoms with van der Waals surface area (Å²) in [7, 11) is 1.71. The molecule has 1 aromatic carbocycles. The molecular weight excluding hydrogens is 324 g/mol. The highest BCUT2D eigenvalue weighted by molar-refractivity contribution is 5.80. The van der Waals surface area contributed by atoms with Crippen LogP contribution in [0.5, 0.6) is 0 Å². The summed E-state index contributed by atoms with van der Waals surface area (Å²) in [6.07, 6.45) is 2.72. The van der Waals surface area contributed by atoms with Gasteiger partial charge in [-0.2, -0.15) is 0 Å². The number of aliphatic imine (C=N–C) groups is 1. The largest absolute Gasteiger partial charge is 0.359 e. The number of hydrogen-bond donors (Lipinski definition) is 2. The van der Waals surface area contributed by atoms with Gasteiger partial charge in [0.2, 0.25) is 5.91 Å². The van der Waals surface area contributed by atoms with E-state index >= 15 is 0 Å². The van der Waals surface area contributed by atoms with E-state index < -0.39 is 0 Å². The van der Waals surface area contributed by atoms with Gasteiger partial charge in [0.05, 0.1) is 6.54 Å². The van der Waals surface area contributed by atoms with E-state index in [1.54, 1.807) is 7.05 Å². The number of guanidine groups is 1. The van der Waals surface area contributed by atoms with Crippen molar-refractivity contribution >= 4 is 11.9 Å². The van der Waals surface area contributed by atoms with E-state index in [2.05, 4.69) is 55.4 Å². The minimum absolute atomic E-state index is 0.148. The van der Waals surface area contributed by atoms with Crippen LogP contribution in [0.4, 0.5) is 0 Å². The summed E-state index contributed by atoms with van der Waals surface area (Å²) in [6.45, 7) is 12.1. The number of hydrogen-bond acceptors (Lipinski definition) is 2. The third-order valence-electron chi connectivity index (χ3n) is 5.23. The Hall–Kier alpha value is -2.04. The van der Waals surface area contributed by atoms with Crippen molar-refractivity contribution in [2.45, 2.75) is 53.5 Å². The summed E-state index contributed by atoms with van der Waals surface area (Å²) in [6, 6.07) is 4.46. The van der Waals surface area contributed by atoms with E-state index in [1.807, 2.05) is 0 Å². The highest BCUT2D eigenvalue weighted by atomic mass is 16.1. The molecule has 0 aromatic heterocycles. The van der Waals surface area contributed by atoms with Crippen LogP contribution in [0, 0.1) is 26.7 Å². The zero-order valence-corrected chi connectivity index (χ0v) is 17.0. The molecule has 0 atom stereocenters. The van der Waals surface area contributed by atoms with Crippen LogP contribution in [-0.4, -0.2) is 43.4 Å². The Morgan fingerprint density at radius 1 is 1.19 bits per heavy atom. The van der Waals surface area contributed by atoms with Crippen LogP contribution < -0.4 is 10.6 Å². The number of carbonyl (C=O) groups excluding carboxylic acids is 1. The molecule has 0 aliphatic carbocycles. The Morgan fingerprint density at radius 3 is 2.35 bits per heavy atom. The van der Waals surface area contributed by atoms with Crippen LogP contribution in [-0.2, 0) is 11.3 Å². The third-order valence-corrected chi connectivity index (χ3v) is 5.23. The highest BCUT2D eigenvalue weighted by Crippen LogP contribution is 2.21. The zero-order chi connectivity index (χ0) is 19.1. The molecule has 0 radical (unpaired) electrons.